The molecule has 18 heavy (non-hydrogen) atoms. The third-order valence-corrected chi connectivity index (χ3v) is 3.57. The summed E-state index contributed by atoms with van der Waals surface area (Å²) in [5.74, 6) is 0.477. The lowest BCUT2D eigenvalue weighted by Gasteiger charge is -2.18. The van der Waals surface area contributed by atoms with Gasteiger partial charge in [0.1, 0.15) is 0 Å². The first-order valence-corrected chi connectivity index (χ1v) is 6.61. The van der Waals surface area contributed by atoms with Crippen molar-refractivity contribution in [2.75, 3.05) is 6.54 Å². The summed E-state index contributed by atoms with van der Waals surface area (Å²) in [5, 5.41) is 3.42. The van der Waals surface area contributed by atoms with Crippen LogP contribution in [0.15, 0.2) is 30.7 Å². The van der Waals surface area contributed by atoms with Crippen LogP contribution in [0.3, 0.4) is 0 Å². The first-order chi connectivity index (χ1) is 8.74. The number of nitrogens with one attached hydrogen (secondary N) is 1. The molecule has 3 nitrogen and oxygen atoms in total. The molecule has 3 rings (SSSR count). The maximum absolute atomic E-state index is 4.45. The van der Waals surface area contributed by atoms with Gasteiger partial charge in [-0.05, 0) is 42.1 Å². The Morgan fingerprint density at radius 3 is 2.94 bits per heavy atom. The Hall–Kier alpha value is -1.61. The summed E-state index contributed by atoms with van der Waals surface area (Å²) in [6, 6.07) is 6.71. The van der Waals surface area contributed by atoms with Crippen LogP contribution in [0.1, 0.15) is 36.6 Å². The average molecular weight is 241 g/mol. The Bertz CT molecular complexity index is 555. The Labute approximate surface area is 108 Å². The van der Waals surface area contributed by atoms with E-state index in [1.807, 2.05) is 6.33 Å². The van der Waals surface area contributed by atoms with Crippen LogP contribution in [0.4, 0.5) is 0 Å². The fraction of sp³-hybridized carbons (Fsp3) is 0.400. The number of benzene rings is 1. The zero-order chi connectivity index (χ0) is 12.5. The van der Waals surface area contributed by atoms with Crippen LogP contribution in [0, 0.1) is 0 Å². The predicted molar refractivity (Wildman–Crippen MR) is 73.1 cm³/mol. The lowest BCUT2D eigenvalue weighted by molar-refractivity contribution is 0.643. The Morgan fingerprint density at radius 1 is 1.28 bits per heavy atom. The number of imidazole rings is 1. The first-order valence-electron chi connectivity index (χ1n) is 6.61. The van der Waals surface area contributed by atoms with Gasteiger partial charge < -0.3 is 9.88 Å². The molecule has 0 radical (unpaired) electrons. The van der Waals surface area contributed by atoms with Crippen molar-refractivity contribution in [2.45, 2.75) is 32.7 Å². The van der Waals surface area contributed by atoms with E-state index in [-0.39, 0.29) is 0 Å². The monoisotopic (exact) mass is 241 g/mol. The van der Waals surface area contributed by atoms with Gasteiger partial charge in [0, 0.05) is 18.4 Å². The molecule has 0 atom stereocenters. The van der Waals surface area contributed by atoms with Gasteiger partial charge in [0.05, 0.1) is 12.0 Å². The molecule has 1 aliphatic rings. The van der Waals surface area contributed by atoms with E-state index in [0.29, 0.717) is 5.92 Å². The minimum Gasteiger partial charge on any atom is -0.312 e. The van der Waals surface area contributed by atoms with E-state index in [9.17, 15) is 0 Å². The van der Waals surface area contributed by atoms with Gasteiger partial charge in [-0.3, -0.25) is 0 Å². The van der Waals surface area contributed by atoms with E-state index >= 15 is 0 Å². The van der Waals surface area contributed by atoms with Gasteiger partial charge in [0.15, 0.2) is 0 Å². The summed E-state index contributed by atoms with van der Waals surface area (Å²) in [7, 11) is 0. The summed E-state index contributed by atoms with van der Waals surface area (Å²) in [4.78, 5) is 4.45. The molecule has 2 aromatic rings. The van der Waals surface area contributed by atoms with Crippen LogP contribution in [0.2, 0.25) is 0 Å². The summed E-state index contributed by atoms with van der Waals surface area (Å²) in [5.41, 5.74) is 5.24. The van der Waals surface area contributed by atoms with Crippen molar-refractivity contribution in [1.29, 1.82) is 0 Å². The number of hydrogen-bond acceptors (Lipinski definition) is 2. The second-order valence-corrected chi connectivity index (χ2v) is 5.24. The van der Waals surface area contributed by atoms with Crippen LogP contribution in [0.5, 0.6) is 0 Å². The molecule has 2 heterocycles. The molecule has 1 aromatic heterocycles. The molecule has 0 unspecified atom stereocenters. The van der Waals surface area contributed by atoms with Crippen molar-refractivity contribution < 1.29 is 0 Å². The van der Waals surface area contributed by atoms with E-state index in [0.717, 1.165) is 25.2 Å². The van der Waals surface area contributed by atoms with Crippen molar-refractivity contribution in [2.24, 2.45) is 0 Å². The highest BCUT2D eigenvalue weighted by atomic mass is 15.0. The standard InChI is InChI=1S/C15H19N3/c1-11(2)15-9-18(10-17-15)14-4-3-12-5-6-16-8-13(12)7-14/h3-4,7,9-11,16H,5-6,8H2,1-2H3. The zero-order valence-corrected chi connectivity index (χ0v) is 11.0. The molecule has 0 aliphatic carbocycles. The van der Waals surface area contributed by atoms with Gasteiger partial charge in [-0.1, -0.05) is 19.9 Å². The fourth-order valence-corrected chi connectivity index (χ4v) is 2.40. The molecule has 1 aliphatic heterocycles. The van der Waals surface area contributed by atoms with Crippen molar-refractivity contribution in [3.63, 3.8) is 0 Å². The molecule has 0 saturated heterocycles. The molecular weight excluding hydrogens is 222 g/mol. The average Bonchev–Trinajstić information content (AvgIpc) is 2.88. The lowest BCUT2D eigenvalue weighted by Crippen LogP contribution is -2.23. The Balaban J connectivity index is 1.95. The minimum atomic E-state index is 0.477. The number of rotatable bonds is 2. The Morgan fingerprint density at radius 2 is 2.17 bits per heavy atom. The summed E-state index contributed by atoms with van der Waals surface area (Å²) in [6.45, 7) is 6.41. The van der Waals surface area contributed by atoms with Crippen molar-refractivity contribution >= 4 is 0 Å². The molecule has 0 saturated carbocycles. The molecule has 94 valence electrons. The smallest absolute Gasteiger partial charge is 0.0995 e. The minimum absolute atomic E-state index is 0.477. The summed E-state index contributed by atoms with van der Waals surface area (Å²) in [6.07, 6.45) is 5.17. The normalized spacial score (nSPS) is 14.8. The van der Waals surface area contributed by atoms with Gasteiger partial charge in [0.2, 0.25) is 0 Å². The van der Waals surface area contributed by atoms with Crippen LogP contribution >= 0.6 is 0 Å². The first kappa shape index (κ1) is 11.5. The molecule has 1 aromatic carbocycles. The van der Waals surface area contributed by atoms with Crippen molar-refractivity contribution in [3.05, 3.63) is 47.5 Å². The largest absolute Gasteiger partial charge is 0.312 e. The van der Waals surface area contributed by atoms with Crippen LogP contribution in [0.25, 0.3) is 5.69 Å². The quantitative estimate of drug-likeness (QED) is 0.876. The highest BCUT2D eigenvalue weighted by molar-refractivity contribution is 5.42. The third kappa shape index (κ3) is 2.06. The SMILES string of the molecule is CC(C)c1cn(-c2ccc3c(c2)CNCC3)cn1. The van der Waals surface area contributed by atoms with Crippen molar-refractivity contribution in [1.82, 2.24) is 14.9 Å². The van der Waals surface area contributed by atoms with Gasteiger partial charge in [-0.15, -0.1) is 0 Å². The molecular formula is C15H19N3. The molecule has 1 N–H and O–H groups in total. The van der Waals surface area contributed by atoms with E-state index in [1.165, 1.54) is 16.8 Å². The van der Waals surface area contributed by atoms with Gasteiger partial charge in [-0.2, -0.15) is 0 Å². The van der Waals surface area contributed by atoms with E-state index in [1.54, 1.807) is 0 Å². The second-order valence-electron chi connectivity index (χ2n) is 5.24. The Kier molecular flexibility index (Phi) is 2.92. The van der Waals surface area contributed by atoms with Crippen LogP contribution in [-0.4, -0.2) is 16.1 Å². The number of nitrogens with zero attached hydrogens (tertiary/aromatic N) is 2. The molecule has 0 spiro atoms. The molecule has 0 bridgehead atoms. The van der Waals surface area contributed by atoms with Gasteiger partial charge in [0.25, 0.3) is 0 Å². The van der Waals surface area contributed by atoms with Crippen LogP contribution < -0.4 is 5.32 Å². The zero-order valence-electron chi connectivity index (χ0n) is 11.0. The third-order valence-electron chi connectivity index (χ3n) is 3.57. The highest BCUT2D eigenvalue weighted by Gasteiger charge is 2.10. The van der Waals surface area contributed by atoms with Crippen LogP contribution in [-0.2, 0) is 13.0 Å². The van der Waals surface area contributed by atoms with E-state index in [4.69, 9.17) is 0 Å². The molecule has 0 amide bonds. The number of aromatic nitrogens is 2. The van der Waals surface area contributed by atoms with E-state index < -0.39 is 0 Å². The van der Waals surface area contributed by atoms with Crippen molar-refractivity contribution in [3.8, 4) is 5.69 Å². The number of hydrogen-bond donors (Lipinski definition) is 1. The maximum atomic E-state index is 4.45. The maximum Gasteiger partial charge on any atom is 0.0995 e. The topological polar surface area (TPSA) is 29.9 Å². The van der Waals surface area contributed by atoms with Gasteiger partial charge >= 0.3 is 0 Å². The fourth-order valence-electron chi connectivity index (χ4n) is 2.40. The molecule has 0 fully saturated rings. The summed E-state index contributed by atoms with van der Waals surface area (Å²) >= 11 is 0. The number of fused-ring (bicyclic) bond motifs is 1. The highest BCUT2D eigenvalue weighted by Crippen LogP contribution is 2.20. The predicted octanol–water partition coefficient (Wildman–Crippen LogP) is 2.64. The summed E-state index contributed by atoms with van der Waals surface area (Å²) < 4.78 is 2.12. The second kappa shape index (κ2) is 4.58. The molecule has 3 heteroatoms. The lowest BCUT2D eigenvalue weighted by atomic mass is 10.0. The van der Waals surface area contributed by atoms with Gasteiger partial charge in [-0.25, -0.2) is 4.98 Å². The van der Waals surface area contributed by atoms with E-state index in [2.05, 4.69) is 53.1 Å².